The van der Waals surface area contributed by atoms with E-state index in [0.29, 0.717) is 17.1 Å². The Bertz CT molecular complexity index is 1400. The number of aryl methyl sites for hydroxylation is 2. The van der Waals surface area contributed by atoms with Gasteiger partial charge < -0.3 is 5.32 Å². The average molecular weight is 392 g/mol. The minimum atomic E-state index is -0.221. The number of rotatable bonds is 3. The number of imidazole rings is 1. The highest BCUT2D eigenvalue weighted by molar-refractivity contribution is 6.10. The van der Waals surface area contributed by atoms with Gasteiger partial charge in [0.2, 0.25) is 0 Å². The van der Waals surface area contributed by atoms with Gasteiger partial charge in [-0.25, -0.2) is 4.98 Å². The van der Waals surface area contributed by atoms with Crippen molar-refractivity contribution in [1.29, 1.82) is 0 Å². The predicted molar refractivity (Wildman–Crippen MR) is 120 cm³/mol. The van der Waals surface area contributed by atoms with Crippen molar-refractivity contribution < 1.29 is 4.79 Å². The molecule has 30 heavy (non-hydrogen) atoms. The monoisotopic (exact) mass is 392 g/mol. The van der Waals surface area contributed by atoms with E-state index < -0.39 is 0 Å². The van der Waals surface area contributed by atoms with Crippen LogP contribution >= 0.6 is 0 Å². The zero-order valence-electron chi connectivity index (χ0n) is 16.8. The van der Waals surface area contributed by atoms with Crippen molar-refractivity contribution in [2.24, 2.45) is 0 Å². The second-order valence-corrected chi connectivity index (χ2v) is 7.44. The number of carbonyl (C=O) groups is 1. The maximum absolute atomic E-state index is 13.5. The van der Waals surface area contributed by atoms with Crippen molar-refractivity contribution >= 4 is 28.1 Å². The summed E-state index contributed by atoms with van der Waals surface area (Å²) in [5.74, 6) is -0.221. The summed E-state index contributed by atoms with van der Waals surface area (Å²) in [6.45, 7) is 4.04. The zero-order chi connectivity index (χ0) is 20.7. The van der Waals surface area contributed by atoms with Crippen LogP contribution in [0.15, 0.2) is 79.1 Å². The fourth-order valence-corrected chi connectivity index (χ4v) is 3.67. The SMILES string of the molecule is Cc1ccc(-c2nc3ccc(C)cn3c2C(=O)Nc2cccc3cccnc23)cc1. The van der Waals surface area contributed by atoms with Crippen LogP contribution in [0.5, 0.6) is 0 Å². The first kappa shape index (κ1) is 18.1. The number of nitrogens with zero attached hydrogens (tertiary/aromatic N) is 3. The Labute approximate surface area is 174 Å². The fraction of sp³-hybridized carbons (Fsp3) is 0.0800. The molecule has 0 radical (unpaired) electrons. The smallest absolute Gasteiger partial charge is 0.275 e. The summed E-state index contributed by atoms with van der Waals surface area (Å²) in [6, 6.07) is 21.6. The topological polar surface area (TPSA) is 59.3 Å². The van der Waals surface area contributed by atoms with Crippen LogP contribution in [-0.4, -0.2) is 20.3 Å². The number of amides is 1. The summed E-state index contributed by atoms with van der Waals surface area (Å²) in [5, 5.41) is 4.03. The van der Waals surface area contributed by atoms with E-state index in [4.69, 9.17) is 4.98 Å². The summed E-state index contributed by atoms with van der Waals surface area (Å²) >= 11 is 0. The Balaban J connectivity index is 1.66. The molecule has 5 aromatic rings. The van der Waals surface area contributed by atoms with Crippen LogP contribution in [-0.2, 0) is 0 Å². The van der Waals surface area contributed by atoms with Gasteiger partial charge in [-0.3, -0.25) is 14.2 Å². The van der Waals surface area contributed by atoms with Crippen LogP contribution in [0.25, 0.3) is 27.8 Å². The number of para-hydroxylation sites is 1. The van der Waals surface area contributed by atoms with Gasteiger partial charge in [0.25, 0.3) is 5.91 Å². The van der Waals surface area contributed by atoms with Crippen molar-refractivity contribution in [3.63, 3.8) is 0 Å². The molecular weight excluding hydrogens is 372 g/mol. The van der Waals surface area contributed by atoms with Crippen molar-refractivity contribution in [2.45, 2.75) is 13.8 Å². The van der Waals surface area contributed by atoms with Gasteiger partial charge in [-0.1, -0.05) is 54.1 Å². The van der Waals surface area contributed by atoms with Gasteiger partial charge in [0, 0.05) is 23.3 Å². The van der Waals surface area contributed by atoms with Crippen molar-refractivity contribution in [1.82, 2.24) is 14.4 Å². The first-order valence-corrected chi connectivity index (χ1v) is 9.81. The maximum Gasteiger partial charge on any atom is 0.275 e. The van der Waals surface area contributed by atoms with Crippen molar-refractivity contribution in [2.75, 3.05) is 5.32 Å². The molecule has 3 aromatic heterocycles. The molecule has 0 unspecified atom stereocenters. The summed E-state index contributed by atoms with van der Waals surface area (Å²) in [5.41, 5.74) is 6.45. The molecule has 5 heteroatoms. The van der Waals surface area contributed by atoms with Crippen LogP contribution in [0, 0.1) is 13.8 Å². The second-order valence-electron chi connectivity index (χ2n) is 7.44. The molecule has 0 spiro atoms. The minimum absolute atomic E-state index is 0.221. The molecule has 2 aromatic carbocycles. The molecule has 5 rings (SSSR count). The largest absolute Gasteiger partial charge is 0.319 e. The van der Waals surface area contributed by atoms with Crippen molar-refractivity contribution in [3.05, 3.63) is 95.9 Å². The lowest BCUT2D eigenvalue weighted by molar-refractivity contribution is 0.102. The van der Waals surface area contributed by atoms with Gasteiger partial charge in [-0.15, -0.1) is 0 Å². The number of pyridine rings is 2. The molecule has 0 aliphatic rings. The standard InChI is InChI=1S/C25H20N4O/c1-16-8-11-19(12-9-16)23-24(29-15-17(2)10-13-21(29)28-23)25(30)27-20-7-3-5-18-6-4-14-26-22(18)20/h3-15H,1-2H3,(H,27,30). The second kappa shape index (κ2) is 7.12. The number of carbonyl (C=O) groups excluding carboxylic acids is 1. The molecule has 5 nitrogen and oxygen atoms in total. The molecule has 0 aliphatic heterocycles. The molecule has 1 amide bonds. The third-order valence-electron chi connectivity index (χ3n) is 5.19. The molecule has 0 fully saturated rings. The number of anilines is 1. The number of hydrogen-bond acceptors (Lipinski definition) is 3. The van der Waals surface area contributed by atoms with E-state index in [0.717, 1.165) is 33.2 Å². The van der Waals surface area contributed by atoms with E-state index in [9.17, 15) is 4.79 Å². The quantitative estimate of drug-likeness (QED) is 0.446. The van der Waals surface area contributed by atoms with E-state index >= 15 is 0 Å². The van der Waals surface area contributed by atoms with Crippen LogP contribution in [0.4, 0.5) is 5.69 Å². The van der Waals surface area contributed by atoms with Crippen LogP contribution in [0.3, 0.4) is 0 Å². The Morgan fingerprint density at radius 2 is 1.67 bits per heavy atom. The Morgan fingerprint density at radius 1 is 0.900 bits per heavy atom. The van der Waals surface area contributed by atoms with E-state index in [1.807, 2.05) is 91.2 Å². The number of nitrogens with one attached hydrogen (secondary N) is 1. The molecule has 0 saturated heterocycles. The molecule has 0 atom stereocenters. The van der Waals surface area contributed by atoms with Gasteiger partial charge in [0.15, 0.2) is 0 Å². The van der Waals surface area contributed by atoms with Gasteiger partial charge in [0.05, 0.1) is 11.2 Å². The van der Waals surface area contributed by atoms with E-state index in [1.165, 1.54) is 0 Å². The third-order valence-corrected chi connectivity index (χ3v) is 5.19. The summed E-state index contributed by atoms with van der Waals surface area (Å²) in [4.78, 5) is 22.7. The first-order chi connectivity index (χ1) is 14.6. The zero-order valence-corrected chi connectivity index (χ0v) is 16.8. The predicted octanol–water partition coefficient (Wildman–Crippen LogP) is 5.42. The summed E-state index contributed by atoms with van der Waals surface area (Å²) in [7, 11) is 0. The highest BCUT2D eigenvalue weighted by Crippen LogP contribution is 2.27. The van der Waals surface area contributed by atoms with Gasteiger partial charge >= 0.3 is 0 Å². The van der Waals surface area contributed by atoms with Crippen molar-refractivity contribution in [3.8, 4) is 11.3 Å². The normalized spacial score (nSPS) is 11.1. The lowest BCUT2D eigenvalue weighted by atomic mass is 10.1. The molecule has 1 N–H and O–H groups in total. The first-order valence-electron chi connectivity index (χ1n) is 9.81. The molecule has 0 bridgehead atoms. The Kier molecular flexibility index (Phi) is 4.29. The van der Waals surface area contributed by atoms with Gasteiger partial charge in [0.1, 0.15) is 17.0 Å². The lowest BCUT2D eigenvalue weighted by Gasteiger charge is -2.10. The lowest BCUT2D eigenvalue weighted by Crippen LogP contribution is -2.16. The number of hydrogen-bond donors (Lipinski definition) is 1. The summed E-state index contributed by atoms with van der Waals surface area (Å²) in [6.07, 6.45) is 3.67. The highest BCUT2D eigenvalue weighted by atomic mass is 16.2. The Hall–Kier alpha value is -3.99. The molecular formula is C25H20N4O. The van der Waals surface area contributed by atoms with Gasteiger partial charge in [-0.2, -0.15) is 0 Å². The molecule has 3 heterocycles. The fourth-order valence-electron chi connectivity index (χ4n) is 3.67. The summed E-state index contributed by atoms with van der Waals surface area (Å²) < 4.78 is 1.86. The van der Waals surface area contributed by atoms with E-state index in [1.54, 1.807) is 6.20 Å². The van der Waals surface area contributed by atoms with E-state index in [2.05, 4.69) is 10.3 Å². The highest BCUT2D eigenvalue weighted by Gasteiger charge is 2.21. The number of benzene rings is 2. The maximum atomic E-state index is 13.5. The molecule has 0 aliphatic carbocycles. The molecule has 146 valence electrons. The number of fused-ring (bicyclic) bond motifs is 2. The third kappa shape index (κ3) is 3.10. The Morgan fingerprint density at radius 3 is 2.50 bits per heavy atom. The number of aromatic nitrogens is 3. The van der Waals surface area contributed by atoms with Crippen LogP contribution < -0.4 is 5.32 Å². The van der Waals surface area contributed by atoms with Crippen LogP contribution in [0.2, 0.25) is 0 Å². The average Bonchev–Trinajstić information content (AvgIpc) is 3.13. The minimum Gasteiger partial charge on any atom is -0.319 e. The van der Waals surface area contributed by atoms with Crippen LogP contribution in [0.1, 0.15) is 21.6 Å². The molecule has 0 saturated carbocycles. The van der Waals surface area contributed by atoms with E-state index in [-0.39, 0.29) is 5.91 Å². The van der Waals surface area contributed by atoms with Gasteiger partial charge in [-0.05, 0) is 37.6 Å².